The summed E-state index contributed by atoms with van der Waals surface area (Å²) in [5, 5.41) is 12.2. The molecule has 11 aromatic carbocycles. The molecule has 294 valence electrons. The lowest BCUT2D eigenvalue weighted by atomic mass is 9.95. The number of fused-ring (bicyclic) bond motifs is 10. The van der Waals surface area contributed by atoms with Gasteiger partial charge in [-0.3, -0.25) is 0 Å². The van der Waals surface area contributed by atoms with Gasteiger partial charge in [0.1, 0.15) is 11.2 Å². The van der Waals surface area contributed by atoms with Gasteiger partial charge in [0.25, 0.3) is 0 Å². The molecular weight excluding hydrogens is 765 g/mol. The summed E-state index contributed by atoms with van der Waals surface area (Å²) in [5.74, 6) is 0. The predicted octanol–water partition coefficient (Wildman–Crippen LogP) is 16.9. The Hall–Kier alpha value is -8.40. The molecule has 0 unspecified atom stereocenters. The second kappa shape index (κ2) is 14.1. The Kier molecular flexibility index (Phi) is 7.91. The zero-order valence-electron chi connectivity index (χ0n) is 34.2. The molecule has 0 bridgehead atoms. The van der Waals surface area contributed by atoms with Gasteiger partial charge in [-0.2, -0.15) is 0 Å². The van der Waals surface area contributed by atoms with Crippen molar-refractivity contribution in [1.82, 2.24) is 4.57 Å². The van der Waals surface area contributed by atoms with Crippen LogP contribution in [0.15, 0.2) is 235 Å². The van der Waals surface area contributed by atoms with Crippen molar-refractivity contribution in [2.24, 2.45) is 0 Å². The predicted molar refractivity (Wildman–Crippen MR) is 266 cm³/mol. The van der Waals surface area contributed by atoms with Crippen molar-refractivity contribution < 1.29 is 4.42 Å². The zero-order chi connectivity index (χ0) is 41.4. The van der Waals surface area contributed by atoms with Crippen LogP contribution in [0.25, 0.3) is 104 Å². The monoisotopic (exact) mass is 802 g/mol. The number of furan rings is 1. The van der Waals surface area contributed by atoms with Crippen LogP contribution in [0.3, 0.4) is 0 Å². The van der Waals surface area contributed by atoms with Crippen LogP contribution < -0.4 is 4.90 Å². The fraction of sp³-hybridized carbons (Fsp3) is 0. The molecule has 3 heteroatoms. The largest absolute Gasteiger partial charge is 0.456 e. The summed E-state index contributed by atoms with van der Waals surface area (Å²) in [6, 6.07) is 83.6. The van der Waals surface area contributed by atoms with Crippen LogP contribution in [0.5, 0.6) is 0 Å². The minimum Gasteiger partial charge on any atom is -0.456 e. The van der Waals surface area contributed by atoms with Crippen molar-refractivity contribution in [1.29, 1.82) is 0 Å². The molecule has 0 N–H and O–H groups in total. The average molecular weight is 803 g/mol. The Morgan fingerprint density at radius 3 is 1.67 bits per heavy atom. The number of para-hydroxylation sites is 3. The number of aromatic nitrogens is 1. The summed E-state index contributed by atoms with van der Waals surface area (Å²) in [6.07, 6.45) is 0. The molecule has 3 nitrogen and oxygen atoms in total. The average Bonchev–Trinajstić information content (AvgIpc) is 3.89. The van der Waals surface area contributed by atoms with Gasteiger partial charge in [-0.15, -0.1) is 0 Å². The maximum atomic E-state index is 6.59. The van der Waals surface area contributed by atoms with Gasteiger partial charge in [-0.1, -0.05) is 152 Å². The van der Waals surface area contributed by atoms with E-state index in [9.17, 15) is 0 Å². The van der Waals surface area contributed by atoms with Crippen LogP contribution in [0, 0.1) is 0 Å². The van der Waals surface area contributed by atoms with Crippen molar-refractivity contribution in [2.45, 2.75) is 0 Å². The van der Waals surface area contributed by atoms with E-state index in [1.807, 2.05) is 0 Å². The highest BCUT2D eigenvalue weighted by molar-refractivity contribution is 6.17. The number of hydrogen-bond donors (Lipinski definition) is 0. The summed E-state index contributed by atoms with van der Waals surface area (Å²) < 4.78 is 8.97. The van der Waals surface area contributed by atoms with E-state index in [2.05, 4.69) is 240 Å². The standard InChI is InChI=1S/C60H38N2O/c1-2-14-42-38-59-54(37-41(42)13-1)60-53(19-11-23-58(60)63-59)52-18-7-8-20-55(52)61(46-31-33-47(34-32-46)62-56-21-9-5-16-50(56)51-17-6-10-22-57(51)62)45-29-26-39(27-30-45)43-28-35-49-44(36-43)25-24-40-12-3-4-15-48(40)49/h1-38H. The van der Waals surface area contributed by atoms with E-state index in [-0.39, 0.29) is 0 Å². The Morgan fingerprint density at radius 2 is 0.905 bits per heavy atom. The molecule has 2 aromatic heterocycles. The normalized spacial score (nSPS) is 11.8. The minimum absolute atomic E-state index is 0.877. The number of anilines is 3. The highest BCUT2D eigenvalue weighted by Crippen LogP contribution is 2.46. The van der Waals surface area contributed by atoms with E-state index in [0.29, 0.717) is 0 Å². The molecular formula is C60H38N2O. The summed E-state index contributed by atoms with van der Waals surface area (Å²) in [7, 11) is 0. The van der Waals surface area contributed by atoms with Gasteiger partial charge in [0.05, 0.1) is 16.7 Å². The van der Waals surface area contributed by atoms with Crippen LogP contribution in [0.1, 0.15) is 0 Å². The first-order valence-electron chi connectivity index (χ1n) is 21.6. The van der Waals surface area contributed by atoms with Gasteiger partial charge in [0.15, 0.2) is 0 Å². The van der Waals surface area contributed by atoms with Crippen molar-refractivity contribution >= 4 is 93.1 Å². The molecule has 13 aromatic rings. The van der Waals surface area contributed by atoms with Crippen molar-refractivity contribution in [3.05, 3.63) is 231 Å². The van der Waals surface area contributed by atoms with Gasteiger partial charge in [0.2, 0.25) is 0 Å². The lowest BCUT2D eigenvalue weighted by Crippen LogP contribution is -2.11. The SMILES string of the molecule is c1ccc(N(c2ccc(-c3ccc4c(ccc5ccccc54)c3)cc2)c2ccc(-n3c4ccccc4c4ccccc43)cc2)c(-c2cccc3oc4cc5ccccc5cc4c23)c1. The van der Waals surface area contributed by atoms with Gasteiger partial charge in [0, 0.05) is 44.2 Å². The van der Waals surface area contributed by atoms with E-state index in [0.717, 1.165) is 55.8 Å². The molecule has 0 atom stereocenters. The molecule has 63 heavy (non-hydrogen) atoms. The lowest BCUT2D eigenvalue weighted by molar-refractivity contribution is 0.669. The fourth-order valence-corrected chi connectivity index (χ4v) is 10.0. The third kappa shape index (κ3) is 5.67. The van der Waals surface area contributed by atoms with Crippen LogP contribution in [0.4, 0.5) is 17.1 Å². The molecule has 0 saturated carbocycles. The topological polar surface area (TPSA) is 21.3 Å². The number of nitrogens with zero attached hydrogens (tertiary/aromatic N) is 2. The first-order chi connectivity index (χ1) is 31.2. The highest BCUT2D eigenvalue weighted by Gasteiger charge is 2.21. The van der Waals surface area contributed by atoms with E-state index < -0.39 is 0 Å². The molecule has 0 spiro atoms. The molecule has 0 amide bonds. The van der Waals surface area contributed by atoms with E-state index >= 15 is 0 Å². The first-order valence-corrected chi connectivity index (χ1v) is 21.6. The highest BCUT2D eigenvalue weighted by atomic mass is 16.3. The van der Waals surface area contributed by atoms with E-state index in [1.54, 1.807) is 0 Å². The summed E-state index contributed by atoms with van der Waals surface area (Å²) in [5.41, 5.74) is 13.1. The van der Waals surface area contributed by atoms with Gasteiger partial charge in [-0.25, -0.2) is 0 Å². The van der Waals surface area contributed by atoms with Crippen LogP contribution in [-0.4, -0.2) is 4.57 Å². The van der Waals surface area contributed by atoms with Crippen LogP contribution in [0.2, 0.25) is 0 Å². The Morgan fingerprint density at radius 1 is 0.333 bits per heavy atom. The molecule has 2 heterocycles. The van der Waals surface area contributed by atoms with Crippen molar-refractivity contribution in [3.63, 3.8) is 0 Å². The van der Waals surface area contributed by atoms with Crippen molar-refractivity contribution in [3.8, 4) is 27.9 Å². The molecule has 0 aliphatic rings. The van der Waals surface area contributed by atoms with Crippen molar-refractivity contribution in [2.75, 3.05) is 4.90 Å². The number of rotatable bonds is 6. The minimum atomic E-state index is 0.877. The molecule has 13 rings (SSSR count). The van der Waals surface area contributed by atoms with Gasteiger partial charge < -0.3 is 13.9 Å². The van der Waals surface area contributed by atoms with Crippen LogP contribution in [-0.2, 0) is 0 Å². The second-order valence-corrected chi connectivity index (χ2v) is 16.5. The smallest absolute Gasteiger partial charge is 0.136 e. The Bertz CT molecular complexity index is 3860. The summed E-state index contributed by atoms with van der Waals surface area (Å²) in [4.78, 5) is 2.40. The maximum Gasteiger partial charge on any atom is 0.136 e. The Labute approximate surface area is 363 Å². The Balaban J connectivity index is 0.977. The number of benzene rings is 11. The quantitative estimate of drug-likeness (QED) is 0.156. The maximum absolute atomic E-state index is 6.59. The second-order valence-electron chi connectivity index (χ2n) is 16.5. The zero-order valence-corrected chi connectivity index (χ0v) is 34.2. The third-order valence-corrected chi connectivity index (χ3v) is 12.9. The fourth-order valence-electron chi connectivity index (χ4n) is 10.0. The molecule has 0 saturated heterocycles. The summed E-state index contributed by atoms with van der Waals surface area (Å²) >= 11 is 0. The van der Waals surface area contributed by atoms with E-state index in [4.69, 9.17) is 4.42 Å². The first kappa shape index (κ1) is 35.4. The number of hydrogen-bond acceptors (Lipinski definition) is 2. The molecule has 0 aliphatic carbocycles. The third-order valence-electron chi connectivity index (χ3n) is 12.9. The molecule has 0 radical (unpaired) electrons. The van der Waals surface area contributed by atoms with Crippen LogP contribution >= 0.6 is 0 Å². The summed E-state index contributed by atoms with van der Waals surface area (Å²) in [6.45, 7) is 0. The van der Waals surface area contributed by atoms with E-state index in [1.165, 1.54) is 65.3 Å². The van der Waals surface area contributed by atoms with Gasteiger partial charge >= 0.3 is 0 Å². The lowest BCUT2D eigenvalue weighted by Gasteiger charge is -2.28. The molecule has 0 aliphatic heterocycles. The molecule has 0 fully saturated rings. The van der Waals surface area contributed by atoms with Gasteiger partial charge in [-0.05, 0) is 128 Å².